The van der Waals surface area contributed by atoms with Gasteiger partial charge in [-0.15, -0.1) is 0 Å². The number of imidazole rings is 1. The van der Waals surface area contributed by atoms with Crippen molar-refractivity contribution in [3.63, 3.8) is 0 Å². The molecule has 0 radical (unpaired) electrons. The number of aromatic nitrogens is 4. The molecule has 4 aromatic heterocycles. The van der Waals surface area contributed by atoms with Crippen LogP contribution in [0.2, 0.25) is 0 Å². The van der Waals surface area contributed by atoms with E-state index in [1.807, 2.05) is 55.8 Å². The molecule has 0 unspecified atom stereocenters. The van der Waals surface area contributed by atoms with E-state index in [1.54, 1.807) is 23.2 Å². The molecule has 128 valence electrons. The van der Waals surface area contributed by atoms with Gasteiger partial charge in [0.25, 0.3) is 5.56 Å². The van der Waals surface area contributed by atoms with E-state index in [1.165, 1.54) is 5.56 Å². The second kappa shape index (κ2) is 7.19. The second-order valence-electron chi connectivity index (χ2n) is 5.54. The lowest BCUT2D eigenvalue weighted by Crippen LogP contribution is -2.20. The maximum absolute atomic E-state index is 12.6. The van der Waals surface area contributed by atoms with E-state index in [4.69, 9.17) is 0 Å². The van der Waals surface area contributed by atoms with Crippen LogP contribution in [0, 0.1) is 6.92 Å². The third-order valence-electron chi connectivity index (χ3n) is 3.83. The summed E-state index contributed by atoms with van der Waals surface area (Å²) in [5, 5.41) is 1.47. The summed E-state index contributed by atoms with van der Waals surface area (Å²) in [6.45, 7) is 6.47. The first-order valence-corrected chi connectivity index (χ1v) is 8.98. The van der Waals surface area contributed by atoms with Crippen molar-refractivity contribution in [3.05, 3.63) is 75.3 Å². The van der Waals surface area contributed by atoms with Crippen molar-refractivity contribution in [3.8, 4) is 0 Å². The Morgan fingerprint density at radius 2 is 1.88 bits per heavy atom. The van der Waals surface area contributed by atoms with Crippen LogP contribution in [-0.2, 0) is 6.54 Å². The summed E-state index contributed by atoms with van der Waals surface area (Å²) >= 11 is 3.43. The molecular formula is C19H19BrN4O. The van der Waals surface area contributed by atoms with Crippen molar-refractivity contribution in [1.82, 2.24) is 18.9 Å². The fourth-order valence-corrected chi connectivity index (χ4v) is 3.17. The van der Waals surface area contributed by atoms with Gasteiger partial charge in [-0.1, -0.05) is 19.9 Å². The molecular weight excluding hydrogens is 380 g/mol. The van der Waals surface area contributed by atoms with Crippen LogP contribution in [0.1, 0.15) is 25.1 Å². The van der Waals surface area contributed by atoms with Gasteiger partial charge in [0.15, 0.2) is 0 Å². The zero-order valence-electron chi connectivity index (χ0n) is 14.4. The summed E-state index contributed by atoms with van der Waals surface area (Å²) in [6, 6.07) is 5.92. The van der Waals surface area contributed by atoms with Crippen LogP contribution in [0.4, 0.5) is 0 Å². The quantitative estimate of drug-likeness (QED) is 0.508. The fraction of sp³-hybridized carbons (Fsp3) is 0.211. The van der Waals surface area contributed by atoms with Crippen LogP contribution in [0.15, 0.2) is 58.5 Å². The molecule has 0 aliphatic heterocycles. The van der Waals surface area contributed by atoms with Crippen molar-refractivity contribution in [2.45, 2.75) is 27.3 Å². The zero-order chi connectivity index (χ0) is 18.0. The van der Waals surface area contributed by atoms with Gasteiger partial charge in [-0.05, 0) is 40.5 Å². The molecule has 0 aliphatic rings. The Hall–Kier alpha value is -2.47. The number of aryl methyl sites for hydroxylation is 1. The fourth-order valence-electron chi connectivity index (χ4n) is 2.70. The molecule has 0 amide bonds. The largest absolute Gasteiger partial charge is 0.309 e. The minimum atomic E-state index is -0.0652. The molecule has 4 rings (SSSR count). The van der Waals surface area contributed by atoms with Gasteiger partial charge in [0.05, 0.1) is 17.6 Å². The molecule has 0 atom stereocenters. The van der Waals surface area contributed by atoms with Crippen LogP contribution in [-0.4, -0.2) is 18.9 Å². The van der Waals surface area contributed by atoms with Gasteiger partial charge in [-0.25, -0.2) is 4.98 Å². The van der Waals surface area contributed by atoms with E-state index < -0.39 is 0 Å². The van der Waals surface area contributed by atoms with E-state index in [0.29, 0.717) is 11.9 Å². The number of hydrogen-bond acceptors (Lipinski definition) is 3. The molecule has 4 aromatic rings. The van der Waals surface area contributed by atoms with Crippen molar-refractivity contribution < 1.29 is 0 Å². The minimum Gasteiger partial charge on any atom is -0.309 e. The predicted molar refractivity (Wildman–Crippen MR) is 104 cm³/mol. The van der Waals surface area contributed by atoms with Crippen LogP contribution >= 0.6 is 15.9 Å². The lowest BCUT2D eigenvalue weighted by atomic mass is 10.2. The Kier molecular flexibility index (Phi) is 4.99. The average Bonchev–Trinajstić information content (AvgIpc) is 3.01. The molecule has 0 spiro atoms. The highest BCUT2D eigenvalue weighted by molar-refractivity contribution is 9.10. The summed E-state index contributed by atoms with van der Waals surface area (Å²) in [5.41, 5.74) is 2.83. The monoisotopic (exact) mass is 398 g/mol. The SMILES string of the molecule is CC.Cc1ccc2nc(Cn3ccc4c(Br)cncc4c3=O)cn2c1. The predicted octanol–water partition coefficient (Wildman–Crippen LogP) is 4.19. The molecule has 6 heteroatoms. The highest BCUT2D eigenvalue weighted by Crippen LogP contribution is 2.19. The maximum atomic E-state index is 12.6. The van der Waals surface area contributed by atoms with Gasteiger partial charge in [0.1, 0.15) is 5.65 Å². The Balaban J connectivity index is 0.000000880. The van der Waals surface area contributed by atoms with Crippen LogP contribution in [0.3, 0.4) is 0 Å². The highest BCUT2D eigenvalue weighted by atomic mass is 79.9. The minimum absolute atomic E-state index is 0.0652. The van der Waals surface area contributed by atoms with Gasteiger partial charge >= 0.3 is 0 Å². The number of hydrogen-bond donors (Lipinski definition) is 0. The van der Waals surface area contributed by atoms with Gasteiger partial charge in [-0.2, -0.15) is 0 Å². The molecule has 0 aromatic carbocycles. The average molecular weight is 399 g/mol. The zero-order valence-corrected chi connectivity index (χ0v) is 16.0. The Labute approximate surface area is 154 Å². The first kappa shape index (κ1) is 17.4. The maximum Gasteiger partial charge on any atom is 0.260 e. The van der Waals surface area contributed by atoms with E-state index >= 15 is 0 Å². The Bertz CT molecular complexity index is 1100. The lowest BCUT2D eigenvalue weighted by molar-refractivity contribution is 0.752. The summed E-state index contributed by atoms with van der Waals surface area (Å²) in [4.78, 5) is 21.3. The van der Waals surface area contributed by atoms with Gasteiger partial charge in [0.2, 0.25) is 0 Å². The molecule has 0 N–H and O–H groups in total. The second-order valence-corrected chi connectivity index (χ2v) is 6.39. The summed E-state index contributed by atoms with van der Waals surface area (Å²) in [5.74, 6) is 0. The summed E-state index contributed by atoms with van der Waals surface area (Å²) in [7, 11) is 0. The first-order valence-electron chi connectivity index (χ1n) is 8.19. The Morgan fingerprint density at radius 3 is 2.68 bits per heavy atom. The van der Waals surface area contributed by atoms with Crippen LogP contribution in [0.25, 0.3) is 16.4 Å². The van der Waals surface area contributed by atoms with Crippen molar-refractivity contribution in [2.75, 3.05) is 0 Å². The normalized spacial score (nSPS) is 10.7. The molecule has 0 bridgehead atoms. The Morgan fingerprint density at radius 1 is 1.08 bits per heavy atom. The molecule has 0 saturated heterocycles. The van der Waals surface area contributed by atoms with Crippen molar-refractivity contribution in [2.24, 2.45) is 0 Å². The smallest absolute Gasteiger partial charge is 0.260 e. The van der Waals surface area contributed by atoms with E-state index in [-0.39, 0.29) is 5.56 Å². The molecule has 0 aliphatic carbocycles. The number of rotatable bonds is 2. The van der Waals surface area contributed by atoms with Crippen LogP contribution in [0.5, 0.6) is 0 Å². The van der Waals surface area contributed by atoms with E-state index in [9.17, 15) is 4.79 Å². The molecule has 25 heavy (non-hydrogen) atoms. The van der Waals surface area contributed by atoms with Gasteiger partial charge in [0, 0.05) is 40.8 Å². The van der Waals surface area contributed by atoms with Crippen molar-refractivity contribution in [1.29, 1.82) is 0 Å². The standard InChI is InChI=1S/C17H13BrN4O.C2H6/c1-11-2-3-16-20-12(10-22(16)8-11)9-21-5-4-13-14(17(21)23)6-19-7-15(13)18;1-2/h2-8,10H,9H2,1H3;1-2H3. The third-order valence-corrected chi connectivity index (χ3v) is 4.46. The molecule has 0 fully saturated rings. The highest BCUT2D eigenvalue weighted by Gasteiger charge is 2.08. The topological polar surface area (TPSA) is 52.2 Å². The summed E-state index contributed by atoms with van der Waals surface area (Å²) < 4.78 is 4.46. The number of fused-ring (bicyclic) bond motifs is 2. The molecule has 0 saturated carbocycles. The third kappa shape index (κ3) is 3.35. The summed E-state index contributed by atoms with van der Waals surface area (Å²) in [6.07, 6.45) is 9.07. The van der Waals surface area contributed by atoms with Gasteiger partial charge < -0.3 is 8.97 Å². The van der Waals surface area contributed by atoms with Crippen molar-refractivity contribution >= 4 is 32.3 Å². The van der Waals surface area contributed by atoms with E-state index in [0.717, 1.165) is 21.2 Å². The molecule has 4 heterocycles. The number of pyridine rings is 3. The van der Waals surface area contributed by atoms with Gasteiger partial charge in [-0.3, -0.25) is 9.78 Å². The van der Waals surface area contributed by atoms with E-state index in [2.05, 4.69) is 25.9 Å². The number of nitrogens with zero attached hydrogens (tertiary/aromatic N) is 4. The first-order chi connectivity index (χ1) is 12.1. The number of halogens is 1. The molecule has 5 nitrogen and oxygen atoms in total. The lowest BCUT2D eigenvalue weighted by Gasteiger charge is -2.06. The van der Waals surface area contributed by atoms with Crippen LogP contribution < -0.4 is 5.56 Å².